The van der Waals surface area contributed by atoms with Crippen molar-refractivity contribution in [1.82, 2.24) is 5.32 Å². The van der Waals surface area contributed by atoms with Crippen molar-refractivity contribution >= 4 is 0 Å². The maximum atomic E-state index is 9.99. The predicted molar refractivity (Wildman–Crippen MR) is 41.9 cm³/mol. The lowest BCUT2D eigenvalue weighted by atomic mass is 9.63. The molecular weight excluding hydrogens is 138 g/mol. The summed E-state index contributed by atoms with van der Waals surface area (Å²) in [7, 11) is 0. The van der Waals surface area contributed by atoms with Crippen molar-refractivity contribution in [2.75, 3.05) is 0 Å². The van der Waals surface area contributed by atoms with Crippen LogP contribution in [0, 0.1) is 11.8 Å². The number of hydrogen-bond acceptors (Lipinski definition) is 2. The number of nitrogens with one attached hydrogen (secondary N) is 1. The van der Waals surface area contributed by atoms with Gasteiger partial charge in [0, 0.05) is 6.04 Å². The third-order valence-electron chi connectivity index (χ3n) is 3.63. The van der Waals surface area contributed by atoms with Crippen LogP contribution in [0.15, 0.2) is 0 Å². The summed E-state index contributed by atoms with van der Waals surface area (Å²) < 4.78 is 0. The van der Waals surface area contributed by atoms with Gasteiger partial charge in [0.15, 0.2) is 0 Å². The Hall–Kier alpha value is -0.0800. The Bertz CT molecular complexity index is 155. The first-order valence-corrected chi connectivity index (χ1v) is 4.74. The minimum Gasteiger partial charge on any atom is -0.376 e. The van der Waals surface area contributed by atoms with E-state index in [0.717, 1.165) is 24.7 Å². The van der Waals surface area contributed by atoms with Crippen molar-refractivity contribution in [1.29, 1.82) is 0 Å². The summed E-state index contributed by atoms with van der Waals surface area (Å²) in [4.78, 5) is 0. The second-order valence-corrected chi connectivity index (χ2v) is 4.72. The smallest absolute Gasteiger partial charge is 0.116 e. The van der Waals surface area contributed by atoms with Crippen molar-refractivity contribution in [3.05, 3.63) is 0 Å². The molecule has 0 aromatic carbocycles. The first-order valence-electron chi connectivity index (χ1n) is 4.74. The number of piperidine rings is 2. The van der Waals surface area contributed by atoms with Crippen LogP contribution in [0.2, 0.25) is 0 Å². The lowest BCUT2D eigenvalue weighted by Gasteiger charge is -2.54. The fourth-order valence-corrected chi connectivity index (χ4v) is 3.55. The van der Waals surface area contributed by atoms with Gasteiger partial charge in [-0.2, -0.15) is 0 Å². The van der Waals surface area contributed by atoms with Gasteiger partial charge in [0.25, 0.3) is 0 Å². The van der Waals surface area contributed by atoms with Crippen molar-refractivity contribution in [2.24, 2.45) is 11.8 Å². The SMILES string of the molecule is OC12C[C@@H]3CC(C[C@@H](C3)C1)N2. The lowest BCUT2D eigenvalue weighted by Crippen LogP contribution is -2.64. The van der Waals surface area contributed by atoms with Crippen molar-refractivity contribution in [2.45, 2.75) is 43.9 Å². The van der Waals surface area contributed by atoms with Gasteiger partial charge < -0.3 is 5.11 Å². The van der Waals surface area contributed by atoms with Gasteiger partial charge >= 0.3 is 0 Å². The molecule has 0 radical (unpaired) electrons. The van der Waals surface area contributed by atoms with Crippen LogP contribution in [0.1, 0.15) is 32.1 Å². The molecule has 2 saturated heterocycles. The van der Waals surface area contributed by atoms with Crippen LogP contribution in [0.4, 0.5) is 0 Å². The zero-order valence-electron chi connectivity index (χ0n) is 6.71. The summed E-state index contributed by atoms with van der Waals surface area (Å²) in [5.41, 5.74) is -0.450. The van der Waals surface area contributed by atoms with Crippen LogP contribution in [-0.4, -0.2) is 16.9 Å². The maximum absolute atomic E-state index is 9.99. The summed E-state index contributed by atoms with van der Waals surface area (Å²) in [6, 6.07) is 0.645. The molecule has 2 aliphatic heterocycles. The molecular formula is C9H15NO. The molecule has 4 atom stereocenters. The summed E-state index contributed by atoms with van der Waals surface area (Å²) in [6.07, 6.45) is 6.05. The Morgan fingerprint density at radius 1 is 1.09 bits per heavy atom. The fraction of sp³-hybridized carbons (Fsp3) is 1.00. The second-order valence-electron chi connectivity index (χ2n) is 4.72. The Kier molecular flexibility index (Phi) is 1.06. The molecule has 2 unspecified atom stereocenters. The number of aliphatic hydroxyl groups is 1. The fourth-order valence-electron chi connectivity index (χ4n) is 3.55. The first kappa shape index (κ1) is 6.44. The topological polar surface area (TPSA) is 32.3 Å². The third-order valence-corrected chi connectivity index (χ3v) is 3.63. The predicted octanol–water partition coefficient (Wildman–Crippen LogP) is 0.857. The van der Waals surface area contributed by atoms with Gasteiger partial charge in [-0.3, -0.25) is 5.32 Å². The first-order chi connectivity index (χ1) is 5.23. The van der Waals surface area contributed by atoms with Crippen LogP contribution in [0.25, 0.3) is 0 Å². The monoisotopic (exact) mass is 153 g/mol. The van der Waals surface area contributed by atoms with E-state index in [1.54, 1.807) is 0 Å². The highest BCUT2D eigenvalue weighted by Crippen LogP contribution is 2.48. The average Bonchev–Trinajstić information content (AvgIpc) is 1.79. The van der Waals surface area contributed by atoms with Gasteiger partial charge in [0.05, 0.1) is 0 Å². The van der Waals surface area contributed by atoms with E-state index in [1.807, 2.05) is 0 Å². The van der Waals surface area contributed by atoms with Gasteiger partial charge in [-0.25, -0.2) is 0 Å². The zero-order chi connectivity index (χ0) is 7.47. The Morgan fingerprint density at radius 2 is 1.73 bits per heavy atom. The molecule has 2 aliphatic carbocycles. The minimum absolute atomic E-state index is 0.450. The highest BCUT2D eigenvalue weighted by molar-refractivity contribution is 5.02. The van der Waals surface area contributed by atoms with Crippen LogP contribution in [-0.2, 0) is 0 Å². The molecule has 0 aromatic heterocycles. The van der Waals surface area contributed by atoms with Crippen LogP contribution in [0.3, 0.4) is 0 Å². The molecule has 4 aliphatic rings. The second kappa shape index (κ2) is 1.80. The maximum Gasteiger partial charge on any atom is 0.116 e. The van der Waals surface area contributed by atoms with Gasteiger partial charge in [0.1, 0.15) is 5.72 Å². The molecule has 2 heterocycles. The lowest BCUT2D eigenvalue weighted by molar-refractivity contribution is -0.133. The third kappa shape index (κ3) is 0.859. The van der Waals surface area contributed by atoms with E-state index in [-0.39, 0.29) is 0 Å². The molecule has 2 heteroatoms. The summed E-state index contributed by atoms with van der Waals surface area (Å²) in [5.74, 6) is 1.66. The molecule has 4 rings (SSSR count). The van der Waals surface area contributed by atoms with E-state index in [9.17, 15) is 5.11 Å². The summed E-state index contributed by atoms with van der Waals surface area (Å²) in [5, 5.41) is 13.3. The molecule has 0 amide bonds. The van der Waals surface area contributed by atoms with E-state index >= 15 is 0 Å². The number of rotatable bonds is 0. The van der Waals surface area contributed by atoms with Crippen LogP contribution >= 0.6 is 0 Å². The van der Waals surface area contributed by atoms with Crippen molar-refractivity contribution < 1.29 is 5.11 Å². The van der Waals surface area contributed by atoms with E-state index in [4.69, 9.17) is 0 Å². The average molecular weight is 153 g/mol. The normalized spacial score (nSPS) is 60.3. The van der Waals surface area contributed by atoms with Gasteiger partial charge in [-0.1, -0.05) is 0 Å². The molecule has 2 nitrogen and oxygen atoms in total. The van der Waals surface area contributed by atoms with Crippen molar-refractivity contribution in [3.8, 4) is 0 Å². The van der Waals surface area contributed by atoms with Crippen LogP contribution < -0.4 is 5.32 Å². The van der Waals surface area contributed by atoms with E-state index in [1.165, 1.54) is 19.3 Å². The number of hydrogen-bond donors (Lipinski definition) is 2. The van der Waals surface area contributed by atoms with E-state index < -0.39 is 5.72 Å². The molecule has 2 saturated carbocycles. The molecule has 4 bridgehead atoms. The summed E-state index contributed by atoms with van der Waals surface area (Å²) >= 11 is 0. The summed E-state index contributed by atoms with van der Waals surface area (Å²) in [6.45, 7) is 0. The largest absolute Gasteiger partial charge is 0.376 e. The van der Waals surface area contributed by atoms with E-state index in [2.05, 4.69) is 5.32 Å². The standard InChI is InChI=1S/C9H15NO/c11-9-4-6-1-7(5-9)3-8(2-6)10-9/h6-8,10-11H,1-5H2/t6-,7+,8?,9?. The molecule has 4 fully saturated rings. The molecule has 2 N–H and O–H groups in total. The Labute approximate surface area is 67.0 Å². The van der Waals surface area contributed by atoms with Gasteiger partial charge in [-0.15, -0.1) is 0 Å². The quantitative estimate of drug-likeness (QED) is 0.541. The van der Waals surface area contributed by atoms with Gasteiger partial charge in [0.2, 0.25) is 0 Å². The molecule has 0 spiro atoms. The Morgan fingerprint density at radius 3 is 2.18 bits per heavy atom. The van der Waals surface area contributed by atoms with Crippen molar-refractivity contribution in [3.63, 3.8) is 0 Å². The zero-order valence-corrected chi connectivity index (χ0v) is 6.71. The highest BCUT2D eigenvalue weighted by Gasteiger charge is 2.49. The Balaban J connectivity index is 1.94. The van der Waals surface area contributed by atoms with E-state index in [0.29, 0.717) is 6.04 Å². The molecule has 62 valence electrons. The molecule has 0 aromatic rings. The van der Waals surface area contributed by atoms with Gasteiger partial charge in [-0.05, 0) is 43.9 Å². The minimum atomic E-state index is -0.450. The molecule has 11 heavy (non-hydrogen) atoms. The highest BCUT2D eigenvalue weighted by atomic mass is 16.3. The van der Waals surface area contributed by atoms with Crippen LogP contribution in [0.5, 0.6) is 0 Å².